The van der Waals surface area contributed by atoms with Gasteiger partial charge in [-0.1, -0.05) is 61.9 Å². The van der Waals surface area contributed by atoms with Crippen molar-refractivity contribution in [3.63, 3.8) is 0 Å². The van der Waals surface area contributed by atoms with E-state index in [4.69, 9.17) is 4.98 Å². The molecule has 0 saturated heterocycles. The number of benzene rings is 2. The predicted molar refractivity (Wildman–Crippen MR) is 108 cm³/mol. The quantitative estimate of drug-likeness (QED) is 0.423. The number of fused-ring (bicyclic) bond motifs is 2. The molecule has 26 heavy (non-hydrogen) atoms. The van der Waals surface area contributed by atoms with Gasteiger partial charge in [-0.05, 0) is 23.5 Å². The lowest BCUT2D eigenvalue weighted by atomic mass is 9.84. The summed E-state index contributed by atoms with van der Waals surface area (Å²) in [6.45, 7) is 2.64. The molecule has 2 aromatic heterocycles. The first-order valence-corrected chi connectivity index (χ1v) is 9.01. The van der Waals surface area contributed by atoms with Crippen molar-refractivity contribution < 1.29 is 0 Å². The molecule has 1 atom stereocenters. The molecule has 0 aliphatic heterocycles. The van der Waals surface area contributed by atoms with E-state index >= 15 is 0 Å². The van der Waals surface area contributed by atoms with E-state index in [1.807, 2.05) is 65.2 Å². The molecular formula is C21H20BN3O. The Kier molecular flexibility index (Phi) is 4.29. The average Bonchev–Trinajstić information content (AvgIpc) is 2.69. The molecule has 4 nitrogen and oxygen atoms in total. The van der Waals surface area contributed by atoms with Gasteiger partial charge in [-0.2, -0.15) is 0 Å². The molecule has 0 bridgehead atoms. The minimum absolute atomic E-state index is 0.0209. The maximum atomic E-state index is 13.3. The summed E-state index contributed by atoms with van der Waals surface area (Å²) >= 11 is 0. The third-order valence-corrected chi connectivity index (χ3v) is 4.91. The summed E-state index contributed by atoms with van der Waals surface area (Å²) in [4.78, 5) is 22.7. The average molecular weight is 341 g/mol. The highest BCUT2D eigenvalue weighted by atomic mass is 16.1. The van der Waals surface area contributed by atoms with Crippen LogP contribution in [0.2, 0.25) is 0 Å². The molecule has 0 aliphatic rings. The second-order valence-electron chi connectivity index (χ2n) is 6.71. The molecule has 2 heterocycles. The first-order chi connectivity index (χ1) is 12.7. The first-order valence-electron chi connectivity index (χ1n) is 9.01. The van der Waals surface area contributed by atoms with Crippen molar-refractivity contribution in [2.75, 3.05) is 0 Å². The number of para-hydroxylation sites is 1. The van der Waals surface area contributed by atoms with Gasteiger partial charge in [-0.3, -0.25) is 9.36 Å². The molecule has 4 aromatic rings. The lowest BCUT2D eigenvalue weighted by Gasteiger charge is -2.17. The van der Waals surface area contributed by atoms with Gasteiger partial charge in [0, 0.05) is 5.39 Å². The van der Waals surface area contributed by atoms with Gasteiger partial charge in [-0.25, -0.2) is 9.97 Å². The summed E-state index contributed by atoms with van der Waals surface area (Å²) < 4.78 is 1.81. The fraction of sp³-hybridized carbons (Fsp3) is 0.190. The van der Waals surface area contributed by atoms with E-state index < -0.39 is 0 Å². The van der Waals surface area contributed by atoms with Crippen LogP contribution in [-0.4, -0.2) is 22.4 Å². The molecule has 0 amide bonds. The highest BCUT2D eigenvalue weighted by Crippen LogP contribution is 2.20. The topological polar surface area (TPSA) is 47.8 Å². The van der Waals surface area contributed by atoms with E-state index in [2.05, 4.69) is 19.8 Å². The van der Waals surface area contributed by atoms with Crippen molar-refractivity contribution in [1.29, 1.82) is 0 Å². The fourth-order valence-electron chi connectivity index (χ4n) is 3.24. The first kappa shape index (κ1) is 16.5. The Bertz CT molecular complexity index is 1140. The standard InChI is InChI=1S/C21H20BN3O/c1-2-17(22)20-24-19-16(12-15-10-6-7-11-18(15)23-19)21(26)25(20)13-14-8-4-3-5-9-14/h3-12,17H,2,13,22H2,1H3. The zero-order valence-corrected chi connectivity index (χ0v) is 15.0. The maximum Gasteiger partial charge on any atom is 0.263 e. The highest BCUT2D eigenvalue weighted by Gasteiger charge is 2.17. The number of hydrogen-bond donors (Lipinski definition) is 0. The molecule has 0 fully saturated rings. The SMILES string of the molecule is BC(CC)c1nc2nc3ccccc3cc2c(=O)n1Cc1ccccc1. The summed E-state index contributed by atoms with van der Waals surface area (Å²) in [5, 5.41) is 1.54. The third-order valence-electron chi connectivity index (χ3n) is 4.91. The van der Waals surface area contributed by atoms with Gasteiger partial charge < -0.3 is 0 Å². The highest BCUT2D eigenvalue weighted by molar-refractivity contribution is 6.12. The van der Waals surface area contributed by atoms with Gasteiger partial charge in [0.1, 0.15) is 13.7 Å². The van der Waals surface area contributed by atoms with E-state index in [0.29, 0.717) is 17.6 Å². The van der Waals surface area contributed by atoms with Crippen LogP contribution in [0.25, 0.3) is 21.9 Å². The van der Waals surface area contributed by atoms with E-state index in [1.54, 1.807) is 0 Å². The van der Waals surface area contributed by atoms with Crippen molar-refractivity contribution >= 4 is 29.8 Å². The van der Waals surface area contributed by atoms with E-state index in [1.165, 1.54) is 0 Å². The van der Waals surface area contributed by atoms with Crippen LogP contribution >= 0.6 is 0 Å². The number of hydrogen-bond acceptors (Lipinski definition) is 3. The van der Waals surface area contributed by atoms with Crippen LogP contribution in [0.3, 0.4) is 0 Å². The molecule has 0 N–H and O–H groups in total. The van der Waals surface area contributed by atoms with Gasteiger partial charge in [0.05, 0.1) is 17.4 Å². The van der Waals surface area contributed by atoms with Crippen molar-refractivity contribution in [1.82, 2.24) is 14.5 Å². The number of rotatable bonds is 4. The Labute approximate surface area is 152 Å². The van der Waals surface area contributed by atoms with Crippen molar-refractivity contribution in [2.24, 2.45) is 0 Å². The smallest absolute Gasteiger partial charge is 0.263 e. The van der Waals surface area contributed by atoms with Crippen LogP contribution in [0.5, 0.6) is 0 Å². The molecule has 0 aliphatic carbocycles. The van der Waals surface area contributed by atoms with Crippen LogP contribution in [0, 0.1) is 0 Å². The van der Waals surface area contributed by atoms with Gasteiger partial charge in [0.2, 0.25) is 0 Å². The lowest BCUT2D eigenvalue weighted by molar-refractivity contribution is 0.652. The van der Waals surface area contributed by atoms with Gasteiger partial charge in [-0.15, -0.1) is 0 Å². The summed E-state index contributed by atoms with van der Waals surface area (Å²) in [6.07, 6.45) is 0.917. The molecule has 4 rings (SSSR count). The van der Waals surface area contributed by atoms with Crippen molar-refractivity contribution in [3.05, 3.63) is 82.4 Å². The number of pyridine rings is 1. The monoisotopic (exact) mass is 341 g/mol. The Hall–Kier alpha value is -2.95. The van der Waals surface area contributed by atoms with Gasteiger partial charge in [0.15, 0.2) is 5.65 Å². The Morgan fingerprint density at radius 2 is 1.77 bits per heavy atom. The largest absolute Gasteiger partial charge is 0.292 e. The zero-order chi connectivity index (χ0) is 18.1. The van der Waals surface area contributed by atoms with Crippen LogP contribution in [0.15, 0.2) is 65.5 Å². The zero-order valence-electron chi connectivity index (χ0n) is 15.0. The van der Waals surface area contributed by atoms with Crippen molar-refractivity contribution in [2.45, 2.75) is 25.7 Å². The summed E-state index contributed by atoms with van der Waals surface area (Å²) in [6, 6.07) is 19.8. The maximum absolute atomic E-state index is 13.3. The summed E-state index contributed by atoms with van der Waals surface area (Å²) in [5.74, 6) is 0.987. The van der Waals surface area contributed by atoms with Gasteiger partial charge in [0.25, 0.3) is 5.56 Å². The minimum Gasteiger partial charge on any atom is -0.292 e. The molecule has 5 heteroatoms. The molecule has 2 aromatic carbocycles. The Balaban J connectivity index is 1.99. The van der Waals surface area contributed by atoms with E-state index in [-0.39, 0.29) is 11.4 Å². The second kappa shape index (κ2) is 6.75. The van der Waals surface area contributed by atoms with E-state index in [0.717, 1.165) is 28.7 Å². The second-order valence-corrected chi connectivity index (χ2v) is 6.71. The summed E-state index contributed by atoms with van der Waals surface area (Å²) in [5.41, 5.74) is 2.47. The Morgan fingerprint density at radius 3 is 2.54 bits per heavy atom. The lowest BCUT2D eigenvalue weighted by Crippen LogP contribution is -2.28. The fourth-order valence-corrected chi connectivity index (χ4v) is 3.24. The van der Waals surface area contributed by atoms with Crippen molar-refractivity contribution in [3.8, 4) is 0 Å². The predicted octanol–water partition coefficient (Wildman–Crippen LogP) is 3.08. The molecule has 0 saturated carbocycles. The molecule has 0 radical (unpaired) electrons. The normalized spacial score (nSPS) is 12.5. The Morgan fingerprint density at radius 1 is 1.04 bits per heavy atom. The summed E-state index contributed by atoms with van der Waals surface area (Å²) in [7, 11) is 2.11. The van der Waals surface area contributed by atoms with Crippen LogP contribution in [0.1, 0.15) is 30.5 Å². The van der Waals surface area contributed by atoms with Crippen LogP contribution < -0.4 is 5.56 Å². The third kappa shape index (κ3) is 2.90. The van der Waals surface area contributed by atoms with Crippen LogP contribution in [0.4, 0.5) is 0 Å². The molecule has 0 spiro atoms. The van der Waals surface area contributed by atoms with Crippen LogP contribution in [-0.2, 0) is 6.54 Å². The van der Waals surface area contributed by atoms with E-state index in [9.17, 15) is 4.79 Å². The van der Waals surface area contributed by atoms with Gasteiger partial charge >= 0.3 is 0 Å². The molecule has 1 unspecified atom stereocenters. The molecule has 128 valence electrons. The number of aromatic nitrogens is 3. The number of nitrogens with zero attached hydrogens (tertiary/aromatic N) is 3. The minimum atomic E-state index is -0.0209. The molecular weight excluding hydrogens is 321 g/mol.